The summed E-state index contributed by atoms with van der Waals surface area (Å²) in [6.45, 7) is 17.1. The summed E-state index contributed by atoms with van der Waals surface area (Å²) in [4.78, 5) is 2.07. The molecule has 0 bridgehead atoms. The molecule has 0 N–H and O–H groups in total. The molecule has 0 saturated heterocycles. The van der Waals surface area contributed by atoms with Gasteiger partial charge in [-0.1, -0.05) is 45.1 Å². The van der Waals surface area contributed by atoms with Crippen LogP contribution in [-0.2, 0) is 0 Å². The van der Waals surface area contributed by atoms with Crippen molar-refractivity contribution in [1.82, 2.24) is 4.90 Å². The van der Waals surface area contributed by atoms with Crippen molar-refractivity contribution >= 4 is 0 Å². The molecule has 102 valence electrons. The van der Waals surface area contributed by atoms with E-state index in [2.05, 4.69) is 64.3 Å². The molecule has 0 saturated carbocycles. The lowest BCUT2D eigenvalue weighted by atomic mass is 9.82. The van der Waals surface area contributed by atoms with Crippen LogP contribution in [0, 0.1) is 5.41 Å². The van der Waals surface area contributed by atoms with Crippen molar-refractivity contribution in [1.29, 1.82) is 0 Å². The van der Waals surface area contributed by atoms with Crippen LogP contribution < -0.4 is 0 Å². The fourth-order valence-corrected chi connectivity index (χ4v) is 1.61. The zero-order chi connectivity index (χ0) is 14.3. The van der Waals surface area contributed by atoms with Crippen LogP contribution in [0.3, 0.4) is 0 Å². The first-order valence-corrected chi connectivity index (χ1v) is 6.67. The fourth-order valence-electron chi connectivity index (χ4n) is 1.61. The van der Waals surface area contributed by atoms with Gasteiger partial charge in [0.15, 0.2) is 0 Å². The summed E-state index contributed by atoms with van der Waals surface area (Å²) in [5.74, 6) is 0. The van der Waals surface area contributed by atoms with Gasteiger partial charge in [0.1, 0.15) is 0 Å². The second-order valence-electron chi connectivity index (χ2n) is 5.43. The zero-order valence-electron chi connectivity index (χ0n) is 13.2. The normalized spacial score (nSPS) is 14.7. The van der Waals surface area contributed by atoms with Crippen molar-refractivity contribution in [2.45, 2.75) is 48.0 Å². The molecule has 0 atom stereocenters. The van der Waals surface area contributed by atoms with Crippen molar-refractivity contribution in [3.63, 3.8) is 0 Å². The quantitative estimate of drug-likeness (QED) is 0.576. The topological polar surface area (TPSA) is 3.24 Å². The van der Waals surface area contributed by atoms with Crippen molar-refractivity contribution in [3.8, 4) is 0 Å². The van der Waals surface area contributed by atoms with E-state index >= 15 is 0 Å². The molecule has 0 aliphatic heterocycles. The Balaban J connectivity index is 5.59. The van der Waals surface area contributed by atoms with E-state index in [-0.39, 0.29) is 5.41 Å². The van der Waals surface area contributed by atoms with Crippen molar-refractivity contribution < 1.29 is 0 Å². The van der Waals surface area contributed by atoms with Gasteiger partial charge in [0.05, 0.1) is 0 Å². The minimum atomic E-state index is 0.240. The average Bonchev–Trinajstić information content (AvgIpc) is 2.34. The molecule has 0 aliphatic carbocycles. The van der Waals surface area contributed by atoms with Gasteiger partial charge in [-0.05, 0) is 50.5 Å². The Kier molecular flexibility index (Phi) is 6.75. The number of nitrogens with zero attached hydrogens (tertiary/aromatic N) is 1. The van der Waals surface area contributed by atoms with Crippen LogP contribution in [0.2, 0.25) is 0 Å². The van der Waals surface area contributed by atoms with Gasteiger partial charge in [-0.3, -0.25) is 0 Å². The van der Waals surface area contributed by atoms with Crippen LogP contribution in [0.4, 0.5) is 0 Å². The Morgan fingerprint density at radius 1 is 1.28 bits per heavy atom. The molecule has 0 rings (SSSR count). The van der Waals surface area contributed by atoms with E-state index in [1.807, 2.05) is 20.2 Å². The molecule has 1 heteroatoms. The van der Waals surface area contributed by atoms with Crippen molar-refractivity contribution in [2.75, 3.05) is 7.05 Å². The Bertz CT molecular complexity index is 367. The summed E-state index contributed by atoms with van der Waals surface area (Å²) >= 11 is 0. The third kappa shape index (κ3) is 4.56. The first-order valence-electron chi connectivity index (χ1n) is 6.67. The molecule has 0 aromatic rings. The third-order valence-electron chi connectivity index (χ3n) is 3.78. The Morgan fingerprint density at radius 2 is 1.83 bits per heavy atom. The maximum Gasteiger partial charge on any atom is 0.0432 e. The first kappa shape index (κ1) is 16.8. The highest BCUT2D eigenvalue weighted by atomic mass is 15.1. The second kappa shape index (κ2) is 7.25. The highest BCUT2D eigenvalue weighted by Gasteiger charge is 2.18. The number of likely N-dealkylation sites (N-methyl/N-ethyl adjacent to an activating group) is 1. The Morgan fingerprint density at radius 3 is 2.22 bits per heavy atom. The summed E-state index contributed by atoms with van der Waals surface area (Å²) < 4.78 is 0. The lowest BCUT2D eigenvalue weighted by Crippen LogP contribution is -2.15. The fraction of sp³-hybridized carbons (Fsp3) is 0.529. The molecule has 0 heterocycles. The van der Waals surface area contributed by atoms with Gasteiger partial charge in [0.2, 0.25) is 0 Å². The molecule has 0 spiro atoms. The number of rotatable bonds is 6. The molecule has 1 nitrogen and oxygen atoms in total. The van der Waals surface area contributed by atoms with E-state index in [4.69, 9.17) is 0 Å². The smallest absolute Gasteiger partial charge is 0.0432 e. The molecular formula is C17H29N. The van der Waals surface area contributed by atoms with Crippen LogP contribution in [-0.4, -0.2) is 11.9 Å². The molecule has 0 aromatic heterocycles. The highest BCUT2D eigenvalue weighted by Crippen LogP contribution is 2.31. The lowest BCUT2D eigenvalue weighted by molar-refractivity contribution is 0.427. The first-order chi connectivity index (χ1) is 8.30. The van der Waals surface area contributed by atoms with E-state index in [0.717, 1.165) is 6.42 Å². The monoisotopic (exact) mass is 247 g/mol. The molecule has 0 amide bonds. The van der Waals surface area contributed by atoms with Gasteiger partial charge in [-0.2, -0.15) is 0 Å². The minimum absolute atomic E-state index is 0.240. The number of hydrogen-bond acceptors (Lipinski definition) is 1. The van der Waals surface area contributed by atoms with Crippen LogP contribution >= 0.6 is 0 Å². The SMILES string of the molecule is C=CN(C)C(/C=C(/C)C(C)(C)CC)=C(C)/C=C\C. The van der Waals surface area contributed by atoms with Gasteiger partial charge in [-0.15, -0.1) is 0 Å². The summed E-state index contributed by atoms with van der Waals surface area (Å²) in [7, 11) is 2.04. The van der Waals surface area contributed by atoms with Crippen LogP contribution in [0.15, 0.2) is 47.9 Å². The average molecular weight is 247 g/mol. The van der Waals surface area contributed by atoms with Crippen LogP contribution in [0.25, 0.3) is 0 Å². The predicted molar refractivity (Wildman–Crippen MR) is 83.3 cm³/mol. The number of hydrogen-bond donors (Lipinski definition) is 0. The van der Waals surface area contributed by atoms with E-state index in [1.54, 1.807) is 0 Å². The van der Waals surface area contributed by atoms with Crippen molar-refractivity contribution in [2.24, 2.45) is 5.41 Å². The molecule has 0 aromatic carbocycles. The van der Waals surface area contributed by atoms with E-state index in [9.17, 15) is 0 Å². The summed E-state index contributed by atoms with van der Waals surface area (Å²) in [6, 6.07) is 0. The third-order valence-corrected chi connectivity index (χ3v) is 3.78. The second-order valence-corrected chi connectivity index (χ2v) is 5.43. The van der Waals surface area contributed by atoms with Crippen LogP contribution in [0.1, 0.15) is 48.0 Å². The van der Waals surface area contributed by atoms with Gasteiger partial charge in [0.25, 0.3) is 0 Å². The van der Waals surface area contributed by atoms with Crippen LogP contribution in [0.5, 0.6) is 0 Å². The van der Waals surface area contributed by atoms with E-state index in [1.165, 1.54) is 16.8 Å². The maximum absolute atomic E-state index is 3.85. The van der Waals surface area contributed by atoms with Gasteiger partial charge >= 0.3 is 0 Å². The van der Waals surface area contributed by atoms with Crippen molar-refractivity contribution in [3.05, 3.63) is 47.9 Å². The predicted octanol–water partition coefficient (Wildman–Crippen LogP) is 5.29. The molecule has 0 aliphatic rings. The largest absolute Gasteiger partial charge is 0.351 e. The minimum Gasteiger partial charge on any atom is -0.351 e. The summed E-state index contributed by atoms with van der Waals surface area (Å²) in [6.07, 6.45) is 9.48. The lowest BCUT2D eigenvalue weighted by Gasteiger charge is -2.26. The van der Waals surface area contributed by atoms with E-state index < -0.39 is 0 Å². The molecule has 18 heavy (non-hydrogen) atoms. The Labute approximate surface area is 114 Å². The van der Waals surface area contributed by atoms with Gasteiger partial charge < -0.3 is 4.90 Å². The molecular weight excluding hydrogens is 218 g/mol. The zero-order valence-corrected chi connectivity index (χ0v) is 13.2. The van der Waals surface area contributed by atoms with E-state index in [0.29, 0.717) is 0 Å². The summed E-state index contributed by atoms with van der Waals surface area (Å²) in [5.41, 5.74) is 4.11. The van der Waals surface area contributed by atoms with Gasteiger partial charge in [-0.25, -0.2) is 0 Å². The standard InChI is InChI=1S/C17H29N/c1-9-12-14(4)16(18(8)11-3)13-15(5)17(6,7)10-2/h9,11-13H,3,10H2,1-2,4-8H3/b12-9-,15-13-,16-14+. The molecule has 0 unspecified atom stereocenters. The van der Waals surface area contributed by atoms with Gasteiger partial charge in [0, 0.05) is 12.7 Å². The highest BCUT2D eigenvalue weighted by molar-refractivity contribution is 5.34. The Hall–Kier alpha value is -1.24. The maximum atomic E-state index is 3.85. The molecule has 0 fully saturated rings. The summed E-state index contributed by atoms with van der Waals surface area (Å²) in [5, 5.41) is 0. The molecule has 0 radical (unpaired) electrons. The number of allylic oxidation sites excluding steroid dienone is 5.